The van der Waals surface area contributed by atoms with Gasteiger partial charge in [-0.3, -0.25) is 14.2 Å². The topological polar surface area (TPSA) is 134 Å². The maximum Gasteiger partial charge on any atom is 0.337 e. The molecule has 4 aromatic rings. The number of benzene rings is 3. The van der Waals surface area contributed by atoms with E-state index in [1.807, 2.05) is 51.1 Å². The number of hydrogen-bond acceptors (Lipinski definition) is 6. The van der Waals surface area contributed by atoms with Crippen LogP contribution in [0, 0.1) is 20.8 Å². The second-order valence-corrected chi connectivity index (χ2v) is 8.43. The van der Waals surface area contributed by atoms with Crippen LogP contribution in [0.4, 0.5) is 17.2 Å². The summed E-state index contributed by atoms with van der Waals surface area (Å²) < 4.78 is 7.84. The minimum atomic E-state index is -0.715. The van der Waals surface area contributed by atoms with Gasteiger partial charge in [0.05, 0.1) is 5.69 Å². The summed E-state index contributed by atoms with van der Waals surface area (Å²) in [5, 5.41) is 4.20. The van der Waals surface area contributed by atoms with Crippen molar-refractivity contribution in [3.63, 3.8) is 0 Å². The molecule has 0 aliphatic rings. The lowest BCUT2D eigenvalue weighted by atomic mass is 10.0. The highest BCUT2D eigenvalue weighted by atomic mass is 16.5. The minimum Gasteiger partial charge on any atom is -0.483 e. The Morgan fingerprint density at radius 1 is 1.00 bits per heavy atom. The first-order valence-corrected chi connectivity index (χ1v) is 11.0. The van der Waals surface area contributed by atoms with Crippen LogP contribution in [0.2, 0.25) is 0 Å². The second kappa shape index (κ2) is 9.02. The molecular formula is C26H27N5O4. The van der Waals surface area contributed by atoms with Gasteiger partial charge in [0.15, 0.2) is 6.61 Å². The fourth-order valence-corrected chi connectivity index (χ4v) is 4.02. The molecule has 9 heteroatoms. The zero-order valence-electron chi connectivity index (χ0n) is 20.0. The number of nitrogens with one attached hydrogen (secondary N) is 1. The molecule has 180 valence electrons. The van der Waals surface area contributed by atoms with Gasteiger partial charge in [-0.1, -0.05) is 36.4 Å². The van der Waals surface area contributed by atoms with Crippen molar-refractivity contribution in [1.82, 2.24) is 9.13 Å². The van der Waals surface area contributed by atoms with Gasteiger partial charge in [-0.05, 0) is 55.0 Å². The van der Waals surface area contributed by atoms with E-state index in [1.54, 1.807) is 18.2 Å². The Labute approximate surface area is 201 Å². The van der Waals surface area contributed by atoms with Crippen LogP contribution in [0.5, 0.6) is 5.75 Å². The summed E-state index contributed by atoms with van der Waals surface area (Å²) in [4.78, 5) is 38.6. The van der Waals surface area contributed by atoms with E-state index in [9.17, 15) is 14.4 Å². The van der Waals surface area contributed by atoms with E-state index in [0.717, 1.165) is 32.0 Å². The van der Waals surface area contributed by atoms with Crippen molar-refractivity contribution < 1.29 is 9.53 Å². The molecule has 1 aromatic heterocycles. The van der Waals surface area contributed by atoms with E-state index in [0.29, 0.717) is 17.1 Å². The van der Waals surface area contributed by atoms with Crippen molar-refractivity contribution >= 4 is 33.9 Å². The molecule has 0 fully saturated rings. The van der Waals surface area contributed by atoms with Crippen LogP contribution in [-0.4, -0.2) is 21.6 Å². The fraction of sp³-hybridized carbons (Fsp3) is 0.192. The quantitative estimate of drug-likeness (QED) is 0.382. The Morgan fingerprint density at radius 3 is 2.43 bits per heavy atom. The fourth-order valence-electron chi connectivity index (χ4n) is 4.02. The first-order chi connectivity index (χ1) is 16.6. The number of aromatic nitrogens is 2. The standard InChI is InChI=1S/C26H27N5O4/c1-14-12-20(15(2)16(3)22(14)27)35-13-21(32)29-23-24(28)31(26(34)30(4)25(23)33)19-11-7-9-17-8-5-6-10-18(17)19/h5-12H,13,27-28H2,1-4H3,(H,29,32). The molecule has 0 saturated carbocycles. The number of fused-ring (bicyclic) bond motifs is 1. The summed E-state index contributed by atoms with van der Waals surface area (Å²) in [5.74, 6) is -0.243. The third-order valence-electron chi connectivity index (χ3n) is 6.23. The molecule has 0 atom stereocenters. The van der Waals surface area contributed by atoms with Crippen molar-refractivity contribution in [2.24, 2.45) is 7.05 Å². The lowest BCUT2D eigenvalue weighted by Gasteiger charge is -2.18. The molecule has 0 spiro atoms. The predicted octanol–water partition coefficient (Wildman–Crippen LogP) is 2.80. The lowest BCUT2D eigenvalue weighted by molar-refractivity contribution is -0.118. The van der Waals surface area contributed by atoms with Crippen LogP contribution in [0.15, 0.2) is 58.1 Å². The zero-order chi connectivity index (χ0) is 25.4. The maximum atomic E-state index is 13.0. The van der Waals surface area contributed by atoms with Crippen LogP contribution in [0.3, 0.4) is 0 Å². The Hall–Kier alpha value is -4.53. The predicted molar refractivity (Wildman–Crippen MR) is 138 cm³/mol. The zero-order valence-corrected chi connectivity index (χ0v) is 20.0. The Kier molecular flexibility index (Phi) is 6.09. The molecule has 1 amide bonds. The number of anilines is 3. The van der Waals surface area contributed by atoms with Gasteiger partial charge in [0.25, 0.3) is 11.5 Å². The normalized spacial score (nSPS) is 11.0. The molecule has 0 bridgehead atoms. The molecule has 0 radical (unpaired) electrons. The molecule has 0 aliphatic heterocycles. The number of amides is 1. The molecule has 1 heterocycles. The van der Waals surface area contributed by atoms with E-state index in [1.165, 1.54) is 11.6 Å². The van der Waals surface area contributed by atoms with Crippen molar-refractivity contribution in [2.45, 2.75) is 20.8 Å². The number of rotatable bonds is 5. The van der Waals surface area contributed by atoms with Crippen LogP contribution < -0.4 is 32.8 Å². The minimum absolute atomic E-state index is 0.168. The molecule has 3 aromatic carbocycles. The van der Waals surface area contributed by atoms with Gasteiger partial charge >= 0.3 is 5.69 Å². The summed E-state index contributed by atoms with van der Waals surface area (Å²) in [7, 11) is 1.33. The van der Waals surface area contributed by atoms with Crippen LogP contribution in [-0.2, 0) is 11.8 Å². The summed E-state index contributed by atoms with van der Waals surface area (Å²) >= 11 is 0. The van der Waals surface area contributed by atoms with Crippen molar-refractivity contribution in [3.05, 3.63) is 86.1 Å². The van der Waals surface area contributed by atoms with Crippen molar-refractivity contribution in [3.8, 4) is 11.4 Å². The number of carbonyl (C=O) groups excluding carboxylic acids is 1. The summed E-state index contributed by atoms with van der Waals surface area (Å²) in [5.41, 5.74) is 14.5. The van der Waals surface area contributed by atoms with E-state index >= 15 is 0 Å². The van der Waals surface area contributed by atoms with Crippen LogP contribution in [0.1, 0.15) is 16.7 Å². The molecular weight excluding hydrogens is 446 g/mol. The lowest BCUT2D eigenvalue weighted by Crippen LogP contribution is -2.41. The average Bonchev–Trinajstić information content (AvgIpc) is 2.85. The average molecular weight is 474 g/mol. The molecule has 9 nitrogen and oxygen atoms in total. The molecule has 35 heavy (non-hydrogen) atoms. The Bertz CT molecular complexity index is 1600. The maximum absolute atomic E-state index is 13.0. The van der Waals surface area contributed by atoms with Gasteiger partial charge < -0.3 is 21.5 Å². The number of ether oxygens (including phenoxy) is 1. The van der Waals surface area contributed by atoms with Gasteiger partial charge in [-0.15, -0.1) is 0 Å². The molecule has 0 saturated heterocycles. The summed E-state index contributed by atoms with van der Waals surface area (Å²) in [6.07, 6.45) is 0. The molecule has 0 aliphatic carbocycles. The summed E-state index contributed by atoms with van der Waals surface area (Å²) in [6.45, 7) is 5.23. The number of aryl methyl sites for hydroxylation is 1. The van der Waals surface area contributed by atoms with Crippen LogP contribution >= 0.6 is 0 Å². The first kappa shape index (κ1) is 23.6. The first-order valence-electron chi connectivity index (χ1n) is 11.0. The Balaban J connectivity index is 1.70. The molecule has 5 N–H and O–H groups in total. The second-order valence-electron chi connectivity index (χ2n) is 8.43. The van der Waals surface area contributed by atoms with Gasteiger partial charge in [0.2, 0.25) is 0 Å². The number of nitrogen functional groups attached to an aromatic ring is 2. The third kappa shape index (κ3) is 4.12. The number of nitrogens with zero attached hydrogens (tertiary/aromatic N) is 2. The number of carbonyl (C=O) groups is 1. The summed E-state index contributed by atoms with van der Waals surface area (Å²) in [6, 6.07) is 14.7. The number of nitrogens with two attached hydrogens (primary N) is 2. The largest absolute Gasteiger partial charge is 0.483 e. The van der Waals surface area contributed by atoms with Crippen molar-refractivity contribution in [2.75, 3.05) is 23.4 Å². The monoisotopic (exact) mass is 473 g/mol. The highest BCUT2D eigenvalue weighted by molar-refractivity contribution is 5.95. The third-order valence-corrected chi connectivity index (χ3v) is 6.23. The molecule has 4 rings (SSSR count). The van der Waals surface area contributed by atoms with Gasteiger partial charge in [-0.25, -0.2) is 9.36 Å². The highest BCUT2D eigenvalue weighted by Crippen LogP contribution is 2.29. The highest BCUT2D eigenvalue weighted by Gasteiger charge is 2.20. The molecule has 0 unspecified atom stereocenters. The van der Waals surface area contributed by atoms with Gasteiger partial charge in [-0.2, -0.15) is 0 Å². The Morgan fingerprint density at radius 2 is 1.69 bits per heavy atom. The van der Waals surface area contributed by atoms with Gasteiger partial charge in [0, 0.05) is 18.1 Å². The van der Waals surface area contributed by atoms with E-state index in [4.69, 9.17) is 16.2 Å². The van der Waals surface area contributed by atoms with E-state index in [2.05, 4.69) is 5.32 Å². The van der Waals surface area contributed by atoms with Gasteiger partial charge in [0.1, 0.15) is 17.3 Å². The SMILES string of the molecule is Cc1cc(OCC(=O)Nc2c(N)n(-c3cccc4ccccc34)c(=O)n(C)c2=O)c(C)c(C)c1N. The number of hydrogen-bond donors (Lipinski definition) is 3. The van der Waals surface area contributed by atoms with E-state index < -0.39 is 17.2 Å². The van der Waals surface area contributed by atoms with E-state index in [-0.39, 0.29) is 18.1 Å². The van der Waals surface area contributed by atoms with Crippen molar-refractivity contribution in [1.29, 1.82) is 0 Å². The smallest absolute Gasteiger partial charge is 0.337 e. The van der Waals surface area contributed by atoms with Crippen LogP contribution in [0.25, 0.3) is 16.5 Å².